The van der Waals surface area contributed by atoms with E-state index in [0.29, 0.717) is 16.6 Å². The third-order valence-electron chi connectivity index (χ3n) is 1.93. The number of halogens is 2. The molecule has 2 rings (SSSR count). The lowest BCUT2D eigenvalue weighted by molar-refractivity contribution is 0.948. The number of nitrogens with zero attached hydrogens (tertiary/aromatic N) is 2. The summed E-state index contributed by atoms with van der Waals surface area (Å²) in [6, 6.07) is 7.07. The Morgan fingerprint density at radius 1 is 1.00 bits per heavy atom. The van der Waals surface area contributed by atoms with Gasteiger partial charge in [0.1, 0.15) is 5.82 Å². The Morgan fingerprint density at radius 2 is 1.62 bits per heavy atom. The Kier molecular flexibility index (Phi) is 3.59. The van der Waals surface area contributed by atoms with Gasteiger partial charge in [0.15, 0.2) is 0 Å². The molecule has 0 aliphatic heterocycles. The molecule has 2 aromatic rings. The number of benzene rings is 1. The smallest absolute Gasteiger partial charge is 0.147 e. The molecule has 82 valence electrons. The zero-order valence-corrected chi connectivity index (χ0v) is 9.83. The second kappa shape index (κ2) is 5.14. The first-order valence-electron chi connectivity index (χ1n) is 4.70. The van der Waals surface area contributed by atoms with Gasteiger partial charge in [0.05, 0.1) is 6.54 Å². The molecule has 5 heteroatoms. The number of rotatable bonds is 3. The molecule has 0 bridgehead atoms. The number of nitrogens with one attached hydrogen (secondary N) is 1. The largest absolute Gasteiger partial charge is 0.378 e. The molecule has 0 aliphatic carbocycles. The van der Waals surface area contributed by atoms with E-state index in [-0.39, 0.29) is 0 Å². The quantitative estimate of drug-likeness (QED) is 0.912. The van der Waals surface area contributed by atoms with Gasteiger partial charge in [0.25, 0.3) is 0 Å². The van der Waals surface area contributed by atoms with Crippen LogP contribution in [-0.2, 0) is 6.54 Å². The van der Waals surface area contributed by atoms with Gasteiger partial charge in [-0.2, -0.15) is 0 Å². The van der Waals surface area contributed by atoms with Gasteiger partial charge in [-0.1, -0.05) is 23.2 Å². The van der Waals surface area contributed by atoms with Crippen LogP contribution in [0.15, 0.2) is 36.7 Å². The molecule has 0 unspecified atom stereocenters. The molecule has 0 amide bonds. The molecule has 0 saturated carbocycles. The normalized spacial score (nSPS) is 10.1. The van der Waals surface area contributed by atoms with Gasteiger partial charge in [0.2, 0.25) is 0 Å². The summed E-state index contributed by atoms with van der Waals surface area (Å²) in [6.07, 6.45) is 3.41. The summed E-state index contributed by atoms with van der Waals surface area (Å²) < 4.78 is 0. The molecule has 0 atom stereocenters. The Labute approximate surface area is 103 Å². The van der Waals surface area contributed by atoms with Crippen molar-refractivity contribution in [3.05, 3.63) is 52.5 Å². The van der Waals surface area contributed by atoms with Gasteiger partial charge in [-0.15, -0.1) is 0 Å². The first kappa shape index (κ1) is 11.2. The topological polar surface area (TPSA) is 37.8 Å². The van der Waals surface area contributed by atoms with Crippen LogP contribution in [-0.4, -0.2) is 9.97 Å². The third kappa shape index (κ3) is 3.08. The van der Waals surface area contributed by atoms with E-state index in [0.717, 1.165) is 11.5 Å². The number of hydrogen-bond acceptors (Lipinski definition) is 3. The van der Waals surface area contributed by atoms with Crippen LogP contribution in [0.5, 0.6) is 0 Å². The molecule has 1 N–H and O–H groups in total. The molecule has 0 saturated heterocycles. The Hall–Kier alpha value is -1.32. The fourth-order valence-electron chi connectivity index (χ4n) is 1.26. The summed E-state index contributed by atoms with van der Waals surface area (Å²) in [6.45, 7) is 0.539. The Balaban J connectivity index is 2.05. The molecule has 3 nitrogen and oxygen atoms in total. The standard InChI is InChI=1S/C11H9Cl2N3/c12-8-4-9(13)6-10(5-8)16-7-11-14-2-1-3-15-11/h1-6,16H,7H2. The Morgan fingerprint density at radius 3 is 2.25 bits per heavy atom. The minimum absolute atomic E-state index is 0.539. The van der Waals surface area contributed by atoms with E-state index in [2.05, 4.69) is 15.3 Å². The highest BCUT2D eigenvalue weighted by Gasteiger charge is 1.99. The van der Waals surface area contributed by atoms with Gasteiger partial charge in [0, 0.05) is 28.1 Å². The van der Waals surface area contributed by atoms with Gasteiger partial charge in [-0.3, -0.25) is 0 Å². The maximum Gasteiger partial charge on any atom is 0.147 e. The predicted molar refractivity (Wildman–Crippen MR) is 65.8 cm³/mol. The molecule has 0 fully saturated rings. The molecule has 1 aromatic carbocycles. The number of hydrogen-bond donors (Lipinski definition) is 1. The zero-order chi connectivity index (χ0) is 11.4. The van der Waals surface area contributed by atoms with Crippen LogP contribution < -0.4 is 5.32 Å². The van der Waals surface area contributed by atoms with Crippen LogP contribution in [0.2, 0.25) is 10.0 Å². The van der Waals surface area contributed by atoms with Crippen molar-refractivity contribution in [2.45, 2.75) is 6.54 Å². The molecular weight excluding hydrogens is 245 g/mol. The van der Waals surface area contributed by atoms with E-state index in [9.17, 15) is 0 Å². The minimum atomic E-state index is 0.539. The zero-order valence-electron chi connectivity index (χ0n) is 8.32. The second-order valence-corrected chi connectivity index (χ2v) is 4.05. The number of aromatic nitrogens is 2. The van der Waals surface area contributed by atoms with E-state index in [1.807, 2.05) is 0 Å². The van der Waals surface area contributed by atoms with Crippen molar-refractivity contribution in [1.82, 2.24) is 9.97 Å². The fraction of sp³-hybridized carbons (Fsp3) is 0.0909. The van der Waals surface area contributed by atoms with Crippen molar-refractivity contribution in [3.8, 4) is 0 Å². The van der Waals surface area contributed by atoms with E-state index in [1.54, 1.807) is 36.7 Å². The molecule has 0 aliphatic rings. The van der Waals surface area contributed by atoms with E-state index < -0.39 is 0 Å². The third-order valence-corrected chi connectivity index (χ3v) is 2.37. The predicted octanol–water partition coefficient (Wildman–Crippen LogP) is 3.40. The van der Waals surface area contributed by atoms with Crippen LogP contribution in [0, 0.1) is 0 Å². The average Bonchev–Trinajstić information content (AvgIpc) is 2.27. The summed E-state index contributed by atoms with van der Waals surface area (Å²) in [5, 5.41) is 4.35. The minimum Gasteiger partial charge on any atom is -0.378 e. The van der Waals surface area contributed by atoms with Gasteiger partial charge < -0.3 is 5.32 Å². The van der Waals surface area contributed by atoms with Crippen molar-refractivity contribution >= 4 is 28.9 Å². The summed E-state index contributed by atoms with van der Waals surface area (Å²) in [7, 11) is 0. The lowest BCUT2D eigenvalue weighted by Crippen LogP contribution is -2.03. The maximum absolute atomic E-state index is 5.88. The molecule has 16 heavy (non-hydrogen) atoms. The van der Waals surface area contributed by atoms with Crippen LogP contribution in [0.3, 0.4) is 0 Å². The summed E-state index contributed by atoms with van der Waals surface area (Å²) in [5.41, 5.74) is 0.852. The SMILES string of the molecule is Clc1cc(Cl)cc(NCc2ncccn2)c1. The van der Waals surface area contributed by atoms with E-state index >= 15 is 0 Å². The van der Waals surface area contributed by atoms with Gasteiger partial charge in [-0.25, -0.2) is 9.97 Å². The van der Waals surface area contributed by atoms with Crippen molar-refractivity contribution in [2.75, 3.05) is 5.32 Å². The summed E-state index contributed by atoms with van der Waals surface area (Å²) in [5.74, 6) is 0.721. The lowest BCUT2D eigenvalue weighted by Gasteiger charge is -2.06. The molecule has 0 radical (unpaired) electrons. The first-order chi connectivity index (χ1) is 7.74. The van der Waals surface area contributed by atoms with Crippen molar-refractivity contribution < 1.29 is 0 Å². The molecule has 1 aromatic heterocycles. The molecule has 1 heterocycles. The average molecular weight is 254 g/mol. The van der Waals surface area contributed by atoms with Crippen molar-refractivity contribution in [1.29, 1.82) is 0 Å². The maximum atomic E-state index is 5.88. The highest BCUT2D eigenvalue weighted by atomic mass is 35.5. The highest BCUT2D eigenvalue weighted by molar-refractivity contribution is 6.35. The summed E-state index contributed by atoms with van der Waals surface area (Å²) in [4.78, 5) is 8.20. The van der Waals surface area contributed by atoms with Crippen molar-refractivity contribution in [2.24, 2.45) is 0 Å². The highest BCUT2D eigenvalue weighted by Crippen LogP contribution is 2.22. The van der Waals surface area contributed by atoms with E-state index in [1.165, 1.54) is 0 Å². The van der Waals surface area contributed by atoms with E-state index in [4.69, 9.17) is 23.2 Å². The monoisotopic (exact) mass is 253 g/mol. The van der Waals surface area contributed by atoms with Crippen LogP contribution in [0.4, 0.5) is 5.69 Å². The molecule has 0 spiro atoms. The van der Waals surface area contributed by atoms with Crippen LogP contribution >= 0.6 is 23.2 Å². The lowest BCUT2D eigenvalue weighted by atomic mass is 10.3. The van der Waals surface area contributed by atoms with Crippen LogP contribution in [0.1, 0.15) is 5.82 Å². The second-order valence-electron chi connectivity index (χ2n) is 3.18. The van der Waals surface area contributed by atoms with Crippen molar-refractivity contribution in [3.63, 3.8) is 0 Å². The first-order valence-corrected chi connectivity index (χ1v) is 5.45. The van der Waals surface area contributed by atoms with Gasteiger partial charge >= 0.3 is 0 Å². The number of anilines is 1. The van der Waals surface area contributed by atoms with Crippen LogP contribution in [0.25, 0.3) is 0 Å². The molecular formula is C11H9Cl2N3. The van der Waals surface area contributed by atoms with Gasteiger partial charge in [-0.05, 0) is 24.3 Å². The summed E-state index contributed by atoms with van der Waals surface area (Å²) >= 11 is 11.8. The Bertz CT molecular complexity index is 454. The fourth-order valence-corrected chi connectivity index (χ4v) is 1.78.